The van der Waals surface area contributed by atoms with E-state index < -0.39 is 5.69 Å². The van der Waals surface area contributed by atoms with Crippen LogP contribution in [-0.2, 0) is 4.79 Å². The van der Waals surface area contributed by atoms with E-state index in [1.165, 1.54) is 6.92 Å². The molecule has 2 rings (SSSR count). The van der Waals surface area contributed by atoms with E-state index in [-0.39, 0.29) is 11.7 Å². The molecule has 0 aliphatic carbocycles. The summed E-state index contributed by atoms with van der Waals surface area (Å²) in [6.07, 6.45) is 0. The van der Waals surface area contributed by atoms with Crippen molar-refractivity contribution in [2.24, 2.45) is 0 Å². The van der Waals surface area contributed by atoms with Gasteiger partial charge >= 0.3 is 5.69 Å². The number of benzene rings is 1. The Kier molecular flexibility index (Phi) is 2.62. The van der Waals surface area contributed by atoms with E-state index in [9.17, 15) is 9.59 Å². The van der Waals surface area contributed by atoms with E-state index in [1.807, 2.05) is 0 Å². The molecule has 5 nitrogen and oxygen atoms in total. The fraction of sp³-hybridized carbons (Fsp3) is 0.100. The fourth-order valence-corrected chi connectivity index (χ4v) is 1.57. The van der Waals surface area contributed by atoms with Crippen LogP contribution in [0.5, 0.6) is 0 Å². The van der Waals surface area contributed by atoms with Crippen molar-refractivity contribution >= 4 is 34.2 Å². The number of anilines is 1. The molecule has 0 radical (unpaired) electrons. The summed E-state index contributed by atoms with van der Waals surface area (Å²) in [6.45, 7) is 1.35. The molecular formula is C10H8ClN3O2. The molecule has 0 saturated heterocycles. The van der Waals surface area contributed by atoms with Gasteiger partial charge in [0.15, 0.2) is 0 Å². The molecule has 0 aliphatic rings. The maximum atomic E-state index is 11.2. The third-order valence-corrected chi connectivity index (χ3v) is 2.22. The van der Waals surface area contributed by atoms with E-state index in [1.54, 1.807) is 18.2 Å². The van der Waals surface area contributed by atoms with E-state index in [0.717, 1.165) is 0 Å². The van der Waals surface area contributed by atoms with Crippen LogP contribution in [-0.4, -0.2) is 15.9 Å². The van der Waals surface area contributed by atoms with Gasteiger partial charge in [0.2, 0.25) is 5.91 Å². The van der Waals surface area contributed by atoms with Crippen molar-refractivity contribution in [3.8, 4) is 0 Å². The van der Waals surface area contributed by atoms with E-state index in [0.29, 0.717) is 15.9 Å². The highest BCUT2D eigenvalue weighted by Gasteiger charge is 2.06. The van der Waals surface area contributed by atoms with Gasteiger partial charge in [0.05, 0.1) is 5.52 Å². The van der Waals surface area contributed by atoms with Crippen molar-refractivity contribution in [2.75, 3.05) is 5.32 Å². The number of aromatic amines is 1. The molecule has 82 valence electrons. The van der Waals surface area contributed by atoms with Crippen LogP contribution in [0.4, 0.5) is 5.82 Å². The maximum absolute atomic E-state index is 11.2. The van der Waals surface area contributed by atoms with Gasteiger partial charge in [-0.1, -0.05) is 11.6 Å². The number of aromatic nitrogens is 2. The number of amides is 1. The fourth-order valence-electron chi connectivity index (χ4n) is 1.39. The second-order valence-electron chi connectivity index (χ2n) is 3.26. The quantitative estimate of drug-likeness (QED) is 0.790. The summed E-state index contributed by atoms with van der Waals surface area (Å²) >= 11 is 5.80. The summed E-state index contributed by atoms with van der Waals surface area (Å²) in [6, 6.07) is 4.95. The molecule has 16 heavy (non-hydrogen) atoms. The standard InChI is InChI=1S/C10H8ClN3O2/c1-5(15)12-9-7-3-2-6(11)4-8(7)13-10(16)14-9/h2-4H,1H3,(H2,12,13,14,15,16). The predicted octanol–water partition coefficient (Wildman–Crippen LogP) is 1.53. The Labute approximate surface area is 95.5 Å². The van der Waals surface area contributed by atoms with Crippen molar-refractivity contribution < 1.29 is 4.79 Å². The second kappa shape index (κ2) is 3.94. The lowest BCUT2D eigenvalue weighted by Crippen LogP contribution is -2.16. The van der Waals surface area contributed by atoms with Crippen molar-refractivity contribution in [3.63, 3.8) is 0 Å². The van der Waals surface area contributed by atoms with Gasteiger partial charge in [0, 0.05) is 17.3 Å². The zero-order valence-electron chi connectivity index (χ0n) is 8.37. The van der Waals surface area contributed by atoms with Crippen molar-refractivity contribution in [2.45, 2.75) is 6.92 Å². The molecule has 2 aromatic rings. The number of hydrogen-bond acceptors (Lipinski definition) is 3. The molecule has 0 unspecified atom stereocenters. The van der Waals surface area contributed by atoms with Gasteiger partial charge in [0.1, 0.15) is 5.82 Å². The minimum absolute atomic E-state index is 0.239. The molecule has 0 saturated carbocycles. The molecule has 2 N–H and O–H groups in total. The third-order valence-electron chi connectivity index (χ3n) is 1.99. The summed E-state index contributed by atoms with van der Waals surface area (Å²) in [5, 5.41) is 3.64. The Hall–Kier alpha value is -1.88. The molecule has 1 heterocycles. The average molecular weight is 238 g/mol. The van der Waals surface area contributed by atoms with Crippen molar-refractivity contribution in [3.05, 3.63) is 33.7 Å². The highest BCUT2D eigenvalue weighted by Crippen LogP contribution is 2.21. The Balaban J connectivity index is 2.72. The van der Waals surface area contributed by atoms with Gasteiger partial charge in [-0.3, -0.25) is 4.79 Å². The molecule has 1 aromatic heterocycles. The number of fused-ring (bicyclic) bond motifs is 1. The summed E-state index contributed by atoms with van der Waals surface area (Å²) in [5.74, 6) is -0.0442. The molecule has 0 fully saturated rings. The number of H-pyrrole nitrogens is 1. The SMILES string of the molecule is CC(=O)Nc1nc(=O)[nH]c2cc(Cl)ccc12. The Morgan fingerprint density at radius 1 is 1.50 bits per heavy atom. The topological polar surface area (TPSA) is 74.8 Å². The Morgan fingerprint density at radius 2 is 2.25 bits per heavy atom. The summed E-state index contributed by atoms with van der Waals surface area (Å²) < 4.78 is 0. The lowest BCUT2D eigenvalue weighted by molar-refractivity contribution is -0.114. The second-order valence-corrected chi connectivity index (χ2v) is 3.70. The van der Waals surface area contributed by atoms with Gasteiger partial charge in [-0.05, 0) is 18.2 Å². The normalized spacial score (nSPS) is 10.4. The van der Waals surface area contributed by atoms with Gasteiger partial charge < -0.3 is 10.3 Å². The van der Waals surface area contributed by atoms with Crippen LogP contribution < -0.4 is 11.0 Å². The monoisotopic (exact) mass is 237 g/mol. The smallest absolute Gasteiger partial charge is 0.310 e. The van der Waals surface area contributed by atoms with Crippen molar-refractivity contribution in [1.29, 1.82) is 0 Å². The molecule has 1 aromatic carbocycles. The molecule has 0 atom stereocenters. The zero-order valence-corrected chi connectivity index (χ0v) is 9.13. The first kappa shape index (κ1) is 10.6. The van der Waals surface area contributed by atoms with Gasteiger partial charge in [-0.15, -0.1) is 0 Å². The molecule has 0 spiro atoms. The number of carbonyl (C=O) groups is 1. The number of nitrogens with one attached hydrogen (secondary N) is 2. The number of rotatable bonds is 1. The molecular weight excluding hydrogens is 230 g/mol. The van der Waals surface area contributed by atoms with Crippen LogP contribution in [0.15, 0.2) is 23.0 Å². The van der Waals surface area contributed by atoms with Gasteiger partial charge in [-0.25, -0.2) is 4.79 Å². The largest absolute Gasteiger partial charge is 0.347 e. The first-order valence-electron chi connectivity index (χ1n) is 4.53. The first-order chi connectivity index (χ1) is 7.56. The maximum Gasteiger partial charge on any atom is 0.347 e. The summed E-state index contributed by atoms with van der Waals surface area (Å²) in [5.41, 5.74) is 0.00904. The highest BCUT2D eigenvalue weighted by molar-refractivity contribution is 6.31. The minimum atomic E-state index is -0.529. The zero-order chi connectivity index (χ0) is 11.7. The van der Waals surface area contributed by atoms with Crippen molar-refractivity contribution in [1.82, 2.24) is 9.97 Å². The van der Waals surface area contributed by atoms with E-state index in [2.05, 4.69) is 15.3 Å². The first-order valence-corrected chi connectivity index (χ1v) is 4.91. The van der Waals surface area contributed by atoms with Crippen LogP contribution in [0.2, 0.25) is 5.02 Å². The number of carbonyl (C=O) groups excluding carboxylic acids is 1. The van der Waals surface area contributed by atoms with E-state index in [4.69, 9.17) is 11.6 Å². The average Bonchev–Trinajstić information content (AvgIpc) is 2.15. The van der Waals surface area contributed by atoms with Crippen LogP contribution >= 0.6 is 11.6 Å². The number of halogens is 1. The van der Waals surface area contributed by atoms with Crippen LogP contribution in [0.1, 0.15) is 6.92 Å². The predicted molar refractivity (Wildman–Crippen MR) is 61.7 cm³/mol. The molecule has 1 amide bonds. The minimum Gasteiger partial charge on any atom is -0.310 e. The Bertz CT molecular complexity index is 621. The molecule has 6 heteroatoms. The van der Waals surface area contributed by atoms with Crippen LogP contribution in [0.3, 0.4) is 0 Å². The highest BCUT2D eigenvalue weighted by atomic mass is 35.5. The van der Waals surface area contributed by atoms with Crippen LogP contribution in [0.25, 0.3) is 10.9 Å². The lowest BCUT2D eigenvalue weighted by atomic mass is 10.2. The van der Waals surface area contributed by atoms with Gasteiger partial charge in [0.25, 0.3) is 0 Å². The van der Waals surface area contributed by atoms with Gasteiger partial charge in [-0.2, -0.15) is 4.98 Å². The van der Waals surface area contributed by atoms with E-state index >= 15 is 0 Å². The molecule has 0 bridgehead atoms. The summed E-state index contributed by atoms with van der Waals surface area (Å²) in [4.78, 5) is 28.4. The number of nitrogens with zero attached hydrogens (tertiary/aromatic N) is 1. The Morgan fingerprint density at radius 3 is 2.94 bits per heavy atom. The summed E-state index contributed by atoms with van der Waals surface area (Å²) in [7, 11) is 0. The lowest BCUT2D eigenvalue weighted by Gasteiger charge is -2.05. The third kappa shape index (κ3) is 2.04. The molecule has 0 aliphatic heterocycles. The van der Waals surface area contributed by atoms with Crippen LogP contribution in [0, 0.1) is 0 Å². The number of hydrogen-bond donors (Lipinski definition) is 2.